The molecule has 1 fully saturated rings. The number of piperidine rings is 1. The van der Waals surface area contributed by atoms with Crippen molar-refractivity contribution in [2.24, 2.45) is 0 Å². The number of nitrogens with zero attached hydrogens (tertiary/aromatic N) is 2. The normalized spacial score (nSPS) is 22.9. The molecular formula is C11H15ClN2O. The van der Waals surface area contributed by atoms with Gasteiger partial charge in [-0.3, -0.25) is 4.90 Å². The lowest BCUT2D eigenvalue weighted by Gasteiger charge is -2.29. The van der Waals surface area contributed by atoms with Crippen molar-refractivity contribution in [3.8, 4) is 0 Å². The molecule has 1 aromatic heterocycles. The zero-order chi connectivity index (χ0) is 10.7. The fourth-order valence-electron chi connectivity index (χ4n) is 1.95. The van der Waals surface area contributed by atoms with Gasteiger partial charge in [0.15, 0.2) is 0 Å². The number of aliphatic hydroxyl groups excluding tert-OH is 1. The van der Waals surface area contributed by atoms with Crippen molar-refractivity contribution in [2.75, 3.05) is 13.1 Å². The molecular weight excluding hydrogens is 212 g/mol. The second kappa shape index (κ2) is 4.92. The predicted octanol–water partition coefficient (Wildman–Crippen LogP) is 1.69. The van der Waals surface area contributed by atoms with Crippen LogP contribution in [0.1, 0.15) is 18.4 Å². The summed E-state index contributed by atoms with van der Waals surface area (Å²) in [6.45, 7) is 2.55. The van der Waals surface area contributed by atoms with E-state index in [1.165, 1.54) is 0 Å². The quantitative estimate of drug-likeness (QED) is 0.780. The van der Waals surface area contributed by atoms with Gasteiger partial charge in [0.05, 0.1) is 6.10 Å². The maximum Gasteiger partial charge on any atom is 0.133 e. The Morgan fingerprint density at radius 2 is 2.47 bits per heavy atom. The molecule has 1 aliphatic rings. The Labute approximate surface area is 94.7 Å². The Kier molecular flexibility index (Phi) is 3.57. The first-order valence-corrected chi connectivity index (χ1v) is 5.63. The van der Waals surface area contributed by atoms with Gasteiger partial charge in [-0.25, -0.2) is 4.98 Å². The van der Waals surface area contributed by atoms with E-state index in [-0.39, 0.29) is 6.10 Å². The van der Waals surface area contributed by atoms with E-state index in [2.05, 4.69) is 9.88 Å². The second-order valence-corrected chi connectivity index (χ2v) is 4.34. The molecule has 0 amide bonds. The third kappa shape index (κ3) is 2.91. The number of pyridine rings is 1. The Bertz CT molecular complexity index is 332. The van der Waals surface area contributed by atoms with Gasteiger partial charge in [-0.2, -0.15) is 0 Å². The van der Waals surface area contributed by atoms with Crippen molar-refractivity contribution in [1.82, 2.24) is 9.88 Å². The molecule has 1 unspecified atom stereocenters. The number of rotatable bonds is 2. The molecule has 4 heteroatoms. The van der Waals surface area contributed by atoms with Gasteiger partial charge in [0, 0.05) is 24.8 Å². The molecule has 0 saturated carbocycles. The molecule has 1 atom stereocenters. The fraction of sp³-hybridized carbons (Fsp3) is 0.545. The Hall–Kier alpha value is -0.640. The van der Waals surface area contributed by atoms with E-state index in [0.29, 0.717) is 5.15 Å². The van der Waals surface area contributed by atoms with Crippen LogP contribution in [0.15, 0.2) is 18.3 Å². The zero-order valence-electron chi connectivity index (χ0n) is 8.56. The maximum atomic E-state index is 9.54. The van der Waals surface area contributed by atoms with E-state index in [4.69, 9.17) is 11.6 Å². The SMILES string of the molecule is OC1CCCN(Cc2cccnc2Cl)C1. The molecule has 0 spiro atoms. The summed E-state index contributed by atoms with van der Waals surface area (Å²) in [4.78, 5) is 6.26. The van der Waals surface area contributed by atoms with Crippen molar-refractivity contribution in [3.63, 3.8) is 0 Å². The molecule has 1 saturated heterocycles. The topological polar surface area (TPSA) is 36.4 Å². The molecule has 15 heavy (non-hydrogen) atoms. The molecule has 2 rings (SSSR count). The number of likely N-dealkylation sites (tertiary alicyclic amines) is 1. The van der Waals surface area contributed by atoms with E-state index in [9.17, 15) is 5.11 Å². The summed E-state index contributed by atoms with van der Waals surface area (Å²) < 4.78 is 0. The average Bonchev–Trinajstić information content (AvgIpc) is 2.22. The molecule has 2 heterocycles. The second-order valence-electron chi connectivity index (χ2n) is 3.98. The van der Waals surface area contributed by atoms with Crippen molar-refractivity contribution < 1.29 is 5.11 Å². The van der Waals surface area contributed by atoms with Gasteiger partial charge in [-0.1, -0.05) is 17.7 Å². The summed E-state index contributed by atoms with van der Waals surface area (Å²) >= 11 is 5.98. The number of aromatic nitrogens is 1. The highest BCUT2D eigenvalue weighted by molar-refractivity contribution is 6.30. The van der Waals surface area contributed by atoms with Crippen LogP contribution < -0.4 is 0 Å². The first kappa shape index (κ1) is 10.9. The van der Waals surface area contributed by atoms with Gasteiger partial charge < -0.3 is 5.11 Å². The van der Waals surface area contributed by atoms with Crippen LogP contribution in [-0.2, 0) is 6.54 Å². The minimum absolute atomic E-state index is 0.186. The largest absolute Gasteiger partial charge is 0.392 e. The first-order valence-electron chi connectivity index (χ1n) is 5.25. The highest BCUT2D eigenvalue weighted by Crippen LogP contribution is 2.17. The Balaban J connectivity index is 1.99. The van der Waals surface area contributed by atoms with Crippen LogP contribution >= 0.6 is 11.6 Å². The average molecular weight is 227 g/mol. The zero-order valence-corrected chi connectivity index (χ0v) is 9.32. The van der Waals surface area contributed by atoms with Crippen LogP contribution in [0.25, 0.3) is 0 Å². The van der Waals surface area contributed by atoms with E-state index >= 15 is 0 Å². The van der Waals surface area contributed by atoms with Gasteiger partial charge in [0.1, 0.15) is 5.15 Å². The summed E-state index contributed by atoms with van der Waals surface area (Å²) in [6, 6.07) is 3.87. The van der Waals surface area contributed by atoms with Crippen LogP contribution in [0.3, 0.4) is 0 Å². The van der Waals surface area contributed by atoms with Crippen molar-refractivity contribution >= 4 is 11.6 Å². The van der Waals surface area contributed by atoms with Crippen molar-refractivity contribution in [2.45, 2.75) is 25.5 Å². The Morgan fingerprint density at radius 3 is 3.20 bits per heavy atom. The lowest BCUT2D eigenvalue weighted by molar-refractivity contribution is 0.0668. The Morgan fingerprint density at radius 1 is 1.60 bits per heavy atom. The molecule has 1 aliphatic heterocycles. The highest BCUT2D eigenvalue weighted by Gasteiger charge is 2.18. The summed E-state index contributed by atoms with van der Waals surface area (Å²) in [7, 11) is 0. The van der Waals surface area contributed by atoms with Crippen LogP contribution in [0.4, 0.5) is 0 Å². The van der Waals surface area contributed by atoms with Crippen LogP contribution in [0.5, 0.6) is 0 Å². The van der Waals surface area contributed by atoms with E-state index < -0.39 is 0 Å². The summed E-state index contributed by atoms with van der Waals surface area (Å²) in [5.41, 5.74) is 1.04. The van der Waals surface area contributed by atoms with Gasteiger partial charge in [-0.15, -0.1) is 0 Å². The first-order chi connectivity index (χ1) is 7.25. The van der Waals surface area contributed by atoms with Gasteiger partial charge in [0.25, 0.3) is 0 Å². The van der Waals surface area contributed by atoms with Crippen molar-refractivity contribution in [3.05, 3.63) is 29.0 Å². The van der Waals surface area contributed by atoms with E-state index in [0.717, 1.165) is 38.0 Å². The number of hydrogen-bond acceptors (Lipinski definition) is 3. The van der Waals surface area contributed by atoms with Gasteiger partial charge in [-0.05, 0) is 25.5 Å². The highest BCUT2D eigenvalue weighted by atomic mass is 35.5. The lowest BCUT2D eigenvalue weighted by atomic mass is 10.1. The number of hydrogen-bond donors (Lipinski definition) is 1. The molecule has 1 aromatic rings. The third-order valence-electron chi connectivity index (χ3n) is 2.71. The smallest absolute Gasteiger partial charge is 0.133 e. The maximum absolute atomic E-state index is 9.54. The fourth-order valence-corrected chi connectivity index (χ4v) is 2.13. The molecule has 1 N–H and O–H groups in total. The van der Waals surface area contributed by atoms with Gasteiger partial charge >= 0.3 is 0 Å². The molecule has 0 aliphatic carbocycles. The van der Waals surface area contributed by atoms with Crippen LogP contribution in [-0.4, -0.2) is 34.2 Å². The monoisotopic (exact) mass is 226 g/mol. The minimum Gasteiger partial charge on any atom is -0.392 e. The summed E-state index contributed by atoms with van der Waals surface area (Å²) in [5.74, 6) is 0. The standard InChI is InChI=1S/C11H15ClN2O/c12-11-9(3-1-5-13-11)7-14-6-2-4-10(15)8-14/h1,3,5,10,15H,2,4,6-8H2. The minimum atomic E-state index is -0.186. The number of β-amino-alcohol motifs (C(OH)–C–C–N with tert-alkyl or cyclic N) is 1. The molecule has 3 nitrogen and oxygen atoms in total. The lowest BCUT2D eigenvalue weighted by Crippen LogP contribution is -2.37. The third-order valence-corrected chi connectivity index (χ3v) is 3.05. The summed E-state index contributed by atoms with van der Waals surface area (Å²) in [5, 5.41) is 10.1. The molecule has 0 bridgehead atoms. The van der Waals surface area contributed by atoms with Crippen molar-refractivity contribution in [1.29, 1.82) is 0 Å². The molecule has 82 valence electrons. The van der Waals surface area contributed by atoms with E-state index in [1.54, 1.807) is 6.20 Å². The molecule has 0 aromatic carbocycles. The van der Waals surface area contributed by atoms with Crippen LogP contribution in [0, 0.1) is 0 Å². The summed E-state index contributed by atoms with van der Waals surface area (Å²) in [6.07, 6.45) is 3.47. The van der Waals surface area contributed by atoms with E-state index in [1.807, 2.05) is 12.1 Å². The number of halogens is 1. The molecule has 0 radical (unpaired) electrons. The predicted molar refractivity (Wildman–Crippen MR) is 59.8 cm³/mol. The number of aliphatic hydroxyl groups is 1. The van der Waals surface area contributed by atoms with Crippen LogP contribution in [0.2, 0.25) is 5.15 Å². The van der Waals surface area contributed by atoms with Gasteiger partial charge in [0.2, 0.25) is 0 Å².